The van der Waals surface area contributed by atoms with E-state index in [9.17, 15) is 19.5 Å². The normalized spacial score (nSPS) is 27.6. The molecule has 9 heteroatoms. The number of likely N-dealkylation sites (tertiary alicyclic amines) is 1. The molecule has 0 spiro atoms. The van der Waals surface area contributed by atoms with Gasteiger partial charge in [-0.05, 0) is 85.4 Å². The van der Waals surface area contributed by atoms with Gasteiger partial charge in [0.15, 0.2) is 0 Å². The molecule has 8 nitrogen and oxygen atoms in total. The highest BCUT2D eigenvalue weighted by molar-refractivity contribution is 7.09. The molecule has 2 saturated heterocycles. The Morgan fingerprint density at radius 1 is 0.857 bits per heavy atom. The van der Waals surface area contributed by atoms with Gasteiger partial charge >= 0.3 is 0 Å². The van der Waals surface area contributed by atoms with Crippen LogP contribution in [0.3, 0.4) is 0 Å². The predicted molar refractivity (Wildman–Crippen MR) is 186 cm³/mol. The minimum Gasteiger partial charge on any atom is -0.507 e. The first kappa shape index (κ1) is 31.3. The number of fused-ring (bicyclic) bond motifs is 4. The number of phenolic OH excluding ortho intramolecular Hbond substituents is 1. The average molecular weight is 672 g/mol. The number of carbonyl (C=O) groups excluding carboxylic acids is 4. The molecule has 8 rings (SSSR count). The van der Waals surface area contributed by atoms with E-state index in [1.54, 1.807) is 0 Å². The molecule has 4 aromatic rings. The highest BCUT2D eigenvalue weighted by Crippen LogP contribution is 2.64. The molecule has 3 heterocycles. The maximum absolute atomic E-state index is 15.3. The number of carbonyl (C=O) groups is 4. The fraction of sp³-hybridized carbons (Fsp3) is 0.300. The summed E-state index contributed by atoms with van der Waals surface area (Å²) in [7, 11) is 0. The molecule has 248 valence electrons. The summed E-state index contributed by atoms with van der Waals surface area (Å²) in [6.45, 7) is 5.87. The summed E-state index contributed by atoms with van der Waals surface area (Å²) in [6.07, 6.45) is 2.69. The number of hydrogen-bond acceptors (Lipinski definition) is 7. The first-order valence-corrected chi connectivity index (χ1v) is 17.6. The maximum Gasteiger partial charge on any atom is 0.260 e. The van der Waals surface area contributed by atoms with Gasteiger partial charge in [-0.1, -0.05) is 77.9 Å². The van der Waals surface area contributed by atoms with Gasteiger partial charge in [-0.3, -0.25) is 29.5 Å². The fourth-order valence-corrected chi connectivity index (χ4v) is 9.75. The van der Waals surface area contributed by atoms with Gasteiger partial charge in [0.05, 0.1) is 35.4 Å². The molecule has 3 aromatic carbocycles. The van der Waals surface area contributed by atoms with E-state index in [0.717, 1.165) is 27.1 Å². The number of nitrogens with zero attached hydrogens (tertiary/aromatic N) is 2. The van der Waals surface area contributed by atoms with E-state index in [-0.39, 0.29) is 42.3 Å². The molecule has 49 heavy (non-hydrogen) atoms. The summed E-state index contributed by atoms with van der Waals surface area (Å²) in [5.41, 5.74) is 7.19. The van der Waals surface area contributed by atoms with Crippen molar-refractivity contribution in [3.63, 3.8) is 0 Å². The number of imide groups is 2. The zero-order valence-electron chi connectivity index (χ0n) is 27.6. The van der Waals surface area contributed by atoms with Crippen LogP contribution in [0.2, 0.25) is 0 Å². The van der Waals surface area contributed by atoms with E-state index in [1.807, 2.05) is 105 Å². The van der Waals surface area contributed by atoms with E-state index in [4.69, 9.17) is 0 Å². The monoisotopic (exact) mass is 671 g/mol. The minimum absolute atomic E-state index is 0.177. The van der Waals surface area contributed by atoms with Crippen LogP contribution in [0.15, 0.2) is 95.9 Å². The Kier molecular flexibility index (Phi) is 7.37. The van der Waals surface area contributed by atoms with Crippen molar-refractivity contribution in [3.05, 3.63) is 129 Å². The summed E-state index contributed by atoms with van der Waals surface area (Å²) in [5, 5.41) is 13.9. The molecule has 3 fully saturated rings. The Hall–Kier alpha value is -5.02. The smallest absolute Gasteiger partial charge is 0.260 e. The standard InChI is InChI=1S/C40H37N3O5S/c1-22-11-13-27(14-12-22)41-43-37(46)32-20-31-29(15-16-30-33(31)38(47)42(36(30)45)21-28-10-7-17-49-28)34(25-18-23(2)35(44)24(3)19-25)40(32,39(43)48)26-8-5-4-6-9-26/h4-15,17-19,30-34,41,44H,16,20-21H2,1-3H3/t30-,31+,32-,33-,34-,40+/m0/s1. The van der Waals surface area contributed by atoms with Gasteiger partial charge < -0.3 is 5.11 Å². The molecule has 2 N–H and O–H groups in total. The molecule has 0 radical (unpaired) electrons. The number of amides is 4. The SMILES string of the molecule is Cc1ccc(NN2C(=O)[C@@H]3C[C@@H]4C(=CC[C@@H]5C(=O)N(Cc6cccs6)C(=O)[C@@H]54)[C@H](c4cc(C)c(O)c(C)c4)[C@]3(c3ccccc3)C2=O)cc1. The molecule has 0 bridgehead atoms. The molecule has 1 saturated carbocycles. The van der Waals surface area contributed by atoms with Crippen LogP contribution in [-0.4, -0.2) is 38.6 Å². The number of thiophene rings is 1. The van der Waals surface area contributed by atoms with Crippen LogP contribution in [0.1, 0.15) is 51.5 Å². The largest absolute Gasteiger partial charge is 0.507 e. The Labute approximate surface area is 289 Å². The van der Waals surface area contributed by atoms with Gasteiger partial charge in [0.25, 0.3) is 11.8 Å². The van der Waals surface area contributed by atoms with Crippen molar-refractivity contribution in [2.24, 2.45) is 23.7 Å². The molecular weight excluding hydrogens is 635 g/mol. The Morgan fingerprint density at radius 3 is 2.24 bits per heavy atom. The van der Waals surface area contributed by atoms with Crippen LogP contribution < -0.4 is 5.43 Å². The topological polar surface area (TPSA) is 107 Å². The number of aryl methyl sites for hydroxylation is 3. The predicted octanol–water partition coefficient (Wildman–Crippen LogP) is 6.56. The fourth-order valence-electron chi connectivity index (χ4n) is 9.06. The first-order chi connectivity index (χ1) is 23.6. The molecule has 6 atom stereocenters. The van der Waals surface area contributed by atoms with Crippen LogP contribution in [0, 0.1) is 44.4 Å². The van der Waals surface area contributed by atoms with Crippen LogP contribution in [0.25, 0.3) is 0 Å². The lowest BCUT2D eigenvalue weighted by Gasteiger charge is -2.50. The zero-order valence-corrected chi connectivity index (χ0v) is 28.4. The molecular formula is C40H37N3O5S. The summed E-state index contributed by atoms with van der Waals surface area (Å²) >= 11 is 1.51. The third kappa shape index (κ3) is 4.62. The van der Waals surface area contributed by atoms with Gasteiger partial charge in [0, 0.05) is 10.8 Å². The number of anilines is 1. The number of aromatic hydroxyl groups is 1. The van der Waals surface area contributed by atoms with Crippen molar-refractivity contribution in [1.82, 2.24) is 9.91 Å². The lowest BCUT2D eigenvalue weighted by molar-refractivity contribution is -0.141. The van der Waals surface area contributed by atoms with Crippen molar-refractivity contribution in [1.29, 1.82) is 0 Å². The zero-order chi connectivity index (χ0) is 34.2. The lowest BCUT2D eigenvalue weighted by Crippen LogP contribution is -2.53. The summed E-state index contributed by atoms with van der Waals surface area (Å²) in [6, 6.07) is 24.7. The summed E-state index contributed by atoms with van der Waals surface area (Å²) in [5.74, 6) is -3.98. The van der Waals surface area contributed by atoms with Gasteiger partial charge in [-0.15, -0.1) is 11.3 Å². The number of benzene rings is 3. The van der Waals surface area contributed by atoms with Crippen LogP contribution >= 0.6 is 11.3 Å². The lowest BCUT2D eigenvalue weighted by atomic mass is 9.49. The molecule has 1 aromatic heterocycles. The van der Waals surface area contributed by atoms with Crippen molar-refractivity contribution >= 4 is 40.7 Å². The Morgan fingerprint density at radius 2 is 1.57 bits per heavy atom. The number of allylic oxidation sites excluding steroid dienone is 2. The van der Waals surface area contributed by atoms with Crippen LogP contribution in [0.4, 0.5) is 5.69 Å². The third-order valence-corrected chi connectivity index (χ3v) is 12.1. The van der Waals surface area contributed by atoms with Gasteiger partial charge in [0.1, 0.15) is 5.75 Å². The van der Waals surface area contributed by atoms with E-state index < -0.39 is 35.0 Å². The van der Waals surface area contributed by atoms with Crippen molar-refractivity contribution in [2.45, 2.75) is 51.5 Å². The van der Waals surface area contributed by atoms with E-state index >= 15 is 4.79 Å². The number of hydrazine groups is 1. The Balaban J connectivity index is 1.32. The number of hydrogen-bond donors (Lipinski definition) is 2. The molecule has 2 aliphatic heterocycles. The van der Waals surface area contributed by atoms with Crippen LogP contribution in [-0.2, 0) is 31.1 Å². The second kappa shape index (κ2) is 11.6. The van der Waals surface area contributed by atoms with Gasteiger partial charge in [0.2, 0.25) is 11.8 Å². The molecule has 2 aliphatic carbocycles. The van der Waals surface area contributed by atoms with E-state index in [2.05, 4.69) is 11.5 Å². The average Bonchev–Trinajstić information content (AvgIpc) is 3.76. The maximum atomic E-state index is 15.3. The summed E-state index contributed by atoms with van der Waals surface area (Å²) < 4.78 is 0. The molecule has 4 aliphatic rings. The van der Waals surface area contributed by atoms with Gasteiger partial charge in [-0.25, -0.2) is 0 Å². The first-order valence-electron chi connectivity index (χ1n) is 16.8. The van der Waals surface area contributed by atoms with E-state index in [1.165, 1.54) is 21.2 Å². The van der Waals surface area contributed by atoms with Crippen molar-refractivity contribution in [2.75, 3.05) is 5.43 Å². The number of rotatable bonds is 6. The molecule has 4 amide bonds. The highest BCUT2D eigenvalue weighted by Gasteiger charge is 2.70. The Bertz CT molecular complexity index is 2020. The number of phenols is 1. The van der Waals surface area contributed by atoms with Crippen molar-refractivity contribution in [3.8, 4) is 5.75 Å². The third-order valence-electron chi connectivity index (χ3n) is 11.2. The molecule has 0 unspecified atom stereocenters. The van der Waals surface area contributed by atoms with Crippen molar-refractivity contribution < 1.29 is 24.3 Å². The number of nitrogens with one attached hydrogen (secondary N) is 1. The minimum atomic E-state index is -1.34. The van der Waals surface area contributed by atoms with Crippen LogP contribution in [0.5, 0.6) is 5.75 Å². The van der Waals surface area contributed by atoms with E-state index in [0.29, 0.717) is 23.2 Å². The van der Waals surface area contributed by atoms with Gasteiger partial charge in [-0.2, -0.15) is 5.01 Å². The summed E-state index contributed by atoms with van der Waals surface area (Å²) in [4.78, 5) is 60.5. The highest BCUT2D eigenvalue weighted by atomic mass is 32.1. The second-order valence-corrected chi connectivity index (χ2v) is 15.0. The second-order valence-electron chi connectivity index (χ2n) is 13.9. The quantitative estimate of drug-likeness (QED) is 0.178.